The van der Waals surface area contributed by atoms with Crippen LogP contribution in [0.25, 0.3) is 17.0 Å². The van der Waals surface area contributed by atoms with Gasteiger partial charge in [0.15, 0.2) is 0 Å². The van der Waals surface area contributed by atoms with Gasteiger partial charge in [-0.25, -0.2) is 4.68 Å². The van der Waals surface area contributed by atoms with E-state index in [0.717, 1.165) is 21.5 Å². The van der Waals surface area contributed by atoms with E-state index >= 15 is 0 Å². The molecule has 0 atom stereocenters. The summed E-state index contributed by atoms with van der Waals surface area (Å²) in [5.74, 6) is 0.873. The predicted octanol–water partition coefficient (Wildman–Crippen LogP) is 3.89. The van der Waals surface area contributed by atoms with Crippen molar-refractivity contribution in [2.75, 3.05) is 0 Å². The SMILES string of the molecule is Brc1cnn(-c2ccc(-c3ccco3)cc2)c1. The van der Waals surface area contributed by atoms with Crippen molar-refractivity contribution in [3.05, 3.63) is 59.5 Å². The van der Waals surface area contributed by atoms with E-state index in [1.807, 2.05) is 47.3 Å². The summed E-state index contributed by atoms with van der Waals surface area (Å²) in [6.07, 6.45) is 5.36. The van der Waals surface area contributed by atoms with Gasteiger partial charge in [-0.1, -0.05) is 0 Å². The van der Waals surface area contributed by atoms with Gasteiger partial charge in [-0.05, 0) is 52.3 Å². The summed E-state index contributed by atoms with van der Waals surface area (Å²) in [6.45, 7) is 0. The van der Waals surface area contributed by atoms with Crippen molar-refractivity contribution in [1.82, 2.24) is 9.78 Å². The average molecular weight is 289 g/mol. The molecule has 3 nitrogen and oxygen atoms in total. The first-order valence-corrected chi connectivity index (χ1v) is 5.97. The van der Waals surface area contributed by atoms with Crippen LogP contribution in [0.1, 0.15) is 0 Å². The molecule has 0 unspecified atom stereocenters. The van der Waals surface area contributed by atoms with Crippen LogP contribution in [0.15, 0.2) is 63.9 Å². The fourth-order valence-corrected chi connectivity index (χ4v) is 1.95. The molecule has 0 radical (unpaired) electrons. The molecule has 17 heavy (non-hydrogen) atoms. The summed E-state index contributed by atoms with van der Waals surface area (Å²) in [6, 6.07) is 11.9. The van der Waals surface area contributed by atoms with Gasteiger partial charge in [-0.3, -0.25) is 0 Å². The Labute approximate surface area is 107 Å². The van der Waals surface area contributed by atoms with Crippen LogP contribution in [0.3, 0.4) is 0 Å². The molecule has 2 aromatic heterocycles. The maximum atomic E-state index is 5.34. The summed E-state index contributed by atoms with van der Waals surface area (Å²) >= 11 is 3.38. The number of hydrogen-bond donors (Lipinski definition) is 0. The van der Waals surface area contributed by atoms with Crippen LogP contribution >= 0.6 is 15.9 Å². The molecule has 3 aromatic rings. The van der Waals surface area contributed by atoms with Crippen LogP contribution in [0, 0.1) is 0 Å². The lowest BCUT2D eigenvalue weighted by Gasteiger charge is -2.02. The Morgan fingerprint density at radius 3 is 2.53 bits per heavy atom. The summed E-state index contributed by atoms with van der Waals surface area (Å²) in [4.78, 5) is 0. The first-order chi connectivity index (χ1) is 8.33. The number of aromatic nitrogens is 2. The van der Waals surface area contributed by atoms with Crippen molar-refractivity contribution in [3.8, 4) is 17.0 Å². The van der Waals surface area contributed by atoms with Crippen LogP contribution in [-0.4, -0.2) is 9.78 Å². The zero-order valence-corrected chi connectivity index (χ0v) is 10.5. The van der Waals surface area contributed by atoms with Crippen molar-refractivity contribution >= 4 is 15.9 Å². The fourth-order valence-electron chi connectivity index (χ4n) is 1.66. The van der Waals surface area contributed by atoms with Gasteiger partial charge in [-0.2, -0.15) is 5.10 Å². The molecule has 0 N–H and O–H groups in total. The third-order valence-electron chi connectivity index (χ3n) is 2.49. The van der Waals surface area contributed by atoms with Crippen molar-refractivity contribution in [3.63, 3.8) is 0 Å². The minimum atomic E-state index is 0.873. The molecule has 84 valence electrons. The third-order valence-corrected chi connectivity index (χ3v) is 2.90. The monoisotopic (exact) mass is 288 g/mol. The quantitative estimate of drug-likeness (QED) is 0.716. The summed E-state index contributed by atoms with van der Waals surface area (Å²) in [7, 11) is 0. The highest BCUT2D eigenvalue weighted by atomic mass is 79.9. The van der Waals surface area contributed by atoms with E-state index in [9.17, 15) is 0 Å². The molecular weight excluding hydrogens is 280 g/mol. The lowest BCUT2D eigenvalue weighted by Crippen LogP contribution is -1.93. The molecule has 0 saturated heterocycles. The van der Waals surface area contributed by atoms with E-state index in [1.54, 1.807) is 12.5 Å². The highest BCUT2D eigenvalue weighted by Crippen LogP contribution is 2.21. The molecule has 4 heteroatoms. The topological polar surface area (TPSA) is 31.0 Å². The Morgan fingerprint density at radius 2 is 1.94 bits per heavy atom. The minimum absolute atomic E-state index is 0.873. The highest BCUT2D eigenvalue weighted by molar-refractivity contribution is 9.10. The van der Waals surface area contributed by atoms with E-state index in [2.05, 4.69) is 21.0 Å². The molecule has 0 spiro atoms. The van der Waals surface area contributed by atoms with Gasteiger partial charge < -0.3 is 4.42 Å². The number of halogens is 1. The Bertz CT molecular complexity index is 611. The Hall–Kier alpha value is -1.81. The van der Waals surface area contributed by atoms with E-state index in [-0.39, 0.29) is 0 Å². The molecular formula is C13H9BrN2O. The number of benzene rings is 1. The van der Waals surface area contributed by atoms with Crippen LogP contribution in [0.4, 0.5) is 0 Å². The predicted molar refractivity (Wildman–Crippen MR) is 69.0 cm³/mol. The lowest BCUT2D eigenvalue weighted by atomic mass is 10.1. The number of rotatable bonds is 2. The van der Waals surface area contributed by atoms with Crippen molar-refractivity contribution < 1.29 is 4.42 Å². The van der Waals surface area contributed by atoms with Gasteiger partial charge in [0.1, 0.15) is 5.76 Å². The maximum absolute atomic E-state index is 5.34. The van der Waals surface area contributed by atoms with Gasteiger partial charge in [0, 0.05) is 11.8 Å². The Kier molecular flexibility index (Phi) is 2.57. The van der Waals surface area contributed by atoms with Gasteiger partial charge in [-0.15, -0.1) is 0 Å². The largest absolute Gasteiger partial charge is 0.464 e. The molecule has 0 aliphatic carbocycles. The zero-order chi connectivity index (χ0) is 11.7. The number of furan rings is 1. The van der Waals surface area contributed by atoms with E-state index in [1.165, 1.54) is 0 Å². The second-order valence-corrected chi connectivity index (χ2v) is 4.54. The fraction of sp³-hybridized carbons (Fsp3) is 0. The first-order valence-electron chi connectivity index (χ1n) is 5.17. The van der Waals surface area contributed by atoms with E-state index in [4.69, 9.17) is 4.42 Å². The van der Waals surface area contributed by atoms with Crippen LogP contribution in [0.2, 0.25) is 0 Å². The third kappa shape index (κ3) is 2.03. The lowest BCUT2D eigenvalue weighted by molar-refractivity contribution is 0.582. The summed E-state index contributed by atoms with van der Waals surface area (Å²) in [5.41, 5.74) is 2.08. The normalized spacial score (nSPS) is 10.6. The summed E-state index contributed by atoms with van der Waals surface area (Å²) < 4.78 is 8.12. The van der Waals surface area contributed by atoms with Gasteiger partial charge in [0.2, 0.25) is 0 Å². The summed E-state index contributed by atoms with van der Waals surface area (Å²) in [5, 5.41) is 4.22. The van der Waals surface area contributed by atoms with E-state index in [0.29, 0.717) is 0 Å². The molecule has 0 aliphatic heterocycles. The number of nitrogens with zero attached hydrogens (tertiary/aromatic N) is 2. The van der Waals surface area contributed by atoms with Crippen LogP contribution in [-0.2, 0) is 0 Å². The molecule has 0 amide bonds. The molecule has 0 aliphatic rings. The van der Waals surface area contributed by atoms with Crippen molar-refractivity contribution in [2.24, 2.45) is 0 Å². The molecule has 3 rings (SSSR count). The average Bonchev–Trinajstić information content (AvgIpc) is 3.00. The Morgan fingerprint density at radius 1 is 1.12 bits per heavy atom. The second kappa shape index (κ2) is 4.22. The molecule has 2 heterocycles. The van der Waals surface area contributed by atoms with Gasteiger partial charge >= 0.3 is 0 Å². The molecule has 1 aromatic carbocycles. The second-order valence-electron chi connectivity index (χ2n) is 3.63. The maximum Gasteiger partial charge on any atom is 0.133 e. The van der Waals surface area contributed by atoms with Gasteiger partial charge in [0.25, 0.3) is 0 Å². The molecule has 0 saturated carbocycles. The van der Waals surface area contributed by atoms with Crippen molar-refractivity contribution in [1.29, 1.82) is 0 Å². The van der Waals surface area contributed by atoms with E-state index < -0.39 is 0 Å². The Balaban J connectivity index is 1.95. The highest BCUT2D eigenvalue weighted by Gasteiger charge is 2.02. The molecule has 0 fully saturated rings. The van der Waals surface area contributed by atoms with Crippen LogP contribution in [0.5, 0.6) is 0 Å². The standard InChI is InChI=1S/C13H9BrN2O/c14-11-8-15-16(9-11)12-5-3-10(4-6-12)13-2-1-7-17-13/h1-9H. The van der Waals surface area contributed by atoms with Gasteiger partial charge in [0.05, 0.1) is 22.6 Å². The zero-order valence-electron chi connectivity index (χ0n) is 8.88. The van der Waals surface area contributed by atoms with Crippen LogP contribution < -0.4 is 0 Å². The minimum Gasteiger partial charge on any atom is -0.464 e. The first kappa shape index (κ1) is 10.4. The smallest absolute Gasteiger partial charge is 0.133 e. The molecule has 0 bridgehead atoms. The number of hydrogen-bond acceptors (Lipinski definition) is 2. The van der Waals surface area contributed by atoms with Crippen molar-refractivity contribution in [2.45, 2.75) is 0 Å².